The first kappa shape index (κ1) is 16.3. The maximum absolute atomic E-state index is 8.82. The molecule has 0 radical (unpaired) electrons. The molecule has 0 aliphatic carbocycles. The minimum absolute atomic E-state index is 0.257. The lowest BCUT2D eigenvalue weighted by molar-refractivity contribution is 0.288. The van der Waals surface area contributed by atoms with Gasteiger partial charge in [-0.05, 0) is 48.9 Å². The second kappa shape index (κ2) is 9.80. The zero-order chi connectivity index (χ0) is 15.5. The highest BCUT2D eigenvalue weighted by atomic mass is 16.5. The van der Waals surface area contributed by atoms with E-state index in [9.17, 15) is 0 Å². The highest BCUT2D eigenvalue weighted by Gasteiger charge is 1.93. The van der Waals surface area contributed by atoms with Crippen LogP contribution in [0.15, 0.2) is 60.7 Å². The summed E-state index contributed by atoms with van der Waals surface area (Å²) in [5, 5.41) is 8.82. The van der Waals surface area contributed by atoms with Gasteiger partial charge in [-0.25, -0.2) is 0 Å². The van der Waals surface area contributed by atoms with E-state index < -0.39 is 0 Å². The zero-order valence-corrected chi connectivity index (χ0v) is 12.9. The number of rotatable bonds is 9. The van der Waals surface area contributed by atoms with Crippen molar-refractivity contribution in [3.63, 3.8) is 0 Å². The third kappa shape index (κ3) is 6.15. The number of para-hydroxylation sites is 1. The van der Waals surface area contributed by atoms with Gasteiger partial charge in [-0.3, -0.25) is 0 Å². The molecule has 0 bridgehead atoms. The van der Waals surface area contributed by atoms with Gasteiger partial charge in [0.05, 0.1) is 6.61 Å². The van der Waals surface area contributed by atoms with E-state index in [2.05, 4.69) is 36.4 Å². The number of hydrogen-bond acceptors (Lipinski definition) is 2. The fraction of sp³-hybridized carbons (Fsp3) is 0.300. The molecule has 0 heterocycles. The van der Waals surface area contributed by atoms with Crippen LogP contribution in [0.1, 0.15) is 30.4 Å². The highest BCUT2D eigenvalue weighted by Crippen LogP contribution is 2.10. The largest absolute Gasteiger partial charge is 0.494 e. The molecule has 0 saturated carbocycles. The summed E-state index contributed by atoms with van der Waals surface area (Å²) >= 11 is 0. The molecule has 0 atom stereocenters. The SMILES string of the molecule is OCCCc1ccc(C=CCCCOc2ccccc2)cc1. The summed E-state index contributed by atoms with van der Waals surface area (Å²) in [6, 6.07) is 18.4. The van der Waals surface area contributed by atoms with Gasteiger partial charge < -0.3 is 9.84 Å². The molecule has 116 valence electrons. The number of aliphatic hydroxyl groups excluding tert-OH is 1. The van der Waals surface area contributed by atoms with Gasteiger partial charge in [0.2, 0.25) is 0 Å². The van der Waals surface area contributed by atoms with Gasteiger partial charge in [-0.15, -0.1) is 0 Å². The molecule has 2 aromatic carbocycles. The molecular formula is C20H24O2. The fourth-order valence-electron chi connectivity index (χ4n) is 2.21. The molecule has 0 aliphatic rings. The predicted octanol–water partition coefficient (Wildman–Crippen LogP) is 4.48. The van der Waals surface area contributed by atoms with Gasteiger partial charge in [-0.2, -0.15) is 0 Å². The summed E-state index contributed by atoms with van der Waals surface area (Å²) in [6.07, 6.45) is 8.14. The number of aliphatic hydroxyl groups is 1. The first-order valence-corrected chi connectivity index (χ1v) is 7.92. The lowest BCUT2D eigenvalue weighted by Crippen LogP contribution is -1.95. The Labute approximate surface area is 133 Å². The third-order valence-electron chi connectivity index (χ3n) is 3.44. The van der Waals surface area contributed by atoms with Crippen molar-refractivity contribution in [2.24, 2.45) is 0 Å². The monoisotopic (exact) mass is 296 g/mol. The van der Waals surface area contributed by atoms with E-state index in [1.807, 2.05) is 30.3 Å². The number of unbranched alkanes of at least 4 members (excludes halogenated alkanes) is 1. The van der Waals surface area contributed by atoms with E-state index in [0.717, 1.165) is 38.0 Å². The average molecular weight is 296 g/mol. The van der Waals surface area contributed by atoms with Crippen molar-refractivity contribution in [1.82, 2.24) is 0 Å². The van der Waals surface area contributed by atoms with Crippen LogP contribution < -0.4 is 4.74 Å². The minimum Gasteiger partial charge on any atom is -0.494 e. The van der Waals surface area contributed by atoms with Crippen LogP contribution in [-0.4, -0.2) is 18.3 Å². The number of hydrogen-bond donors (Lipinski definition) is 1. The summed E-state index contributed by atoms with van der Waals surface area (Å²) in [7, 11) is 0. The lowest BCUT2D eigenvalue weighted by atomic mass is 10.1. The van der Waals surface area contributed by atoms with Crippen LogP contribution in [0.25, 0.3) is 6.08 Å². The van der Waals surface area contributed by atoms with E-state index in [0.29, 0.717) is 0 Å². The number of allylic oxidation sites excluding steroid dienone is 1. The molecule has 0 amide bonds. The first-order valence-electron chi connectivity index (χ1n) is 7.92. The van der Waals surface area contributed by atoms with Crippen molar-refractivity contribution < 1.29 is 9.84 Å². The standard InChI is InChI=1S/C20H24O2/c21-16-7-9-19-14-12-18(13-15-19)8-3-2-6-17-22-20-10-4-1-5-11-20/h1,3-5,8,10-15,21H,2,6-7,9,16-17H2. The Hall–Kier alpha value is -2.06. The van der Waals surface area contributed by atoms with E-state index in [-0.39, 0.29) is 6.61 Å². The highest BCUT2D eigenvalue weighted by molar-refractivity contribution is 5.49. The topological polar surface area (TPSA) is 29.5 Å². The molecular weight excluding hydrogens is 272 g/mol. The molecule has 0 fully saturated rings. The predicted molar refractivity (Wildman–Crippen MR) is 92.1 cm³/mol. The second-order valence-electron chi connectivity index (χ2n) is 5.27. The molecule has 2 rings (SSSR count). The maximum Gasteiger partial charge on any atom is 0.119 e. The van der Waals surface area contributed by atoms with Crippen LogP contribution in [0.3, 0.4) is 0 Å². The van der Waals surface area contributed by atoms with Gasteiger partial charge in [-0.1, -0.05) is 54.6 Å². The van der Waals surface area contributed by atoms with Gasteiger partial charge in [0.25, 0.3) is 0 Å². The van der Waals surface area contributed by atoms with Crippen LogP contribution in [0.4, 0.5) is 0 Å². The van der Waals surface area contributed by atoms with Crippen molar-refractivity contribution in [1.29, 1.82) is 0 Å². The van der Waals surface area contributed by atoms with Crippen molar-refractivity contribution in [2.45, 2.75) is 25.7 Å². The molecule has 0 aliphatic heterocycles. The van der Waals surface area contributed by atoms with Gasteiger partial charge in [0.1, 0.15) is 5.75 Å². The van der Waals surface area contributed by atoms with Gasteiger partial charge in [0, 0.05) is 6.61 Å². The Morgan fingerprint density at radius 1 is 0.909 bits per heavy atom. The molecule has 1 N–H and O–H groups in total. The minimum atomic E-state index is 0.257. The van der Waals surface area contributed by atoms with Crippen LogP contribution in [0.5, 0.6) is 5.75 Å². The number of aryl methyl sites for hydroxylation is 1. The third-order valence-corrected chi connectivity index (χ3v) is 3.44. The zero-order valence-electron chi connectivity index (χ0n) is 12.9. The summed E-state index contributed by atoms with van der Waals surface area (Å²) in [4.78, 5) is 0. The van der Waals surface area contributed by atoms with Crippen LogP contribution >= 0.6 is 0 Å². The molecule has 0 aromatic heterocycles. The quantitative estimate of drug-likeness (QED) is 0.691. The molecule has 0 unspecified atom stereocenters. The van der Waals surface area contributed by atoms with Crippen LogP contribution in [0.2, 0.25) is 0 Å². The van der Waals surface area contributed by atoms with E-state index in [1.54, 1.807) is 0 Å². The second-order valence-corrected chi connectivity index (χ2v) is 5.27. The number of benzene rings is 2. The Morgan fingerprint density at radius 2 is 1.68 bits per heavy atom. The normalized spacial score (nSPS) is 11.0. The van der Waals surface area contributed by atoms with Crippen molar-refractivity contribution >= 4 is 6.08 Å². The fourth-order valence-corrected chi connectivity index (χ4v) is 2.21. The summed E-state index contributed by atoms with van der Waals surface area (Å²) in [5.74, 6) is 0.935. The smallest absolute Gasteiger partial charge is 0.119 e. The average Bonchev–Trinajstić information content (AvgIpc) is 2.58. The van der Waals surface area contributed by atoms with Gasteiger partial charge >= 0.3 is 0 Å². The molecule has 0 saturated heterocycles. The number of ether oxygens (including phenoxy) is 1. The van der Waals surface area contributed by atoms with Crippen LogP contribution in [0, 0.1) is 0 Å². The Morgan fingerprint density at radius 3 is 2.41 bits per heavy atom. The van der Waals surface area contributed by atoms with E-state index >= 15 is 0 Å². The molecule has 22 heavy (non-hydrogen) atoms. The van der Waals surface area contributed by atoms with Crippen LogP contribution in [-0.2, 0) is 6.42 Å². The summed E-state index contributed by atoms with van der Waals surface area (Å²) in [5.41, 5.74) is 2.50. The van der Waals surface area contributed by atoms with E-state index in [4.69, 9.17) is 9.84 Å². The van der Waals surface area contributed by atoms with Crippen molar-refractivity contribution in [2.75, 3.05) is 13.2 Å². The molecule has 2 aromatic rings. The van der Waals surface area contributed by atoms with Gasteiger partial charge in [0.15, 0.2) is 0 Å². The molecule has 2 nitrogen and oxygen atoms in total. The Kier molecular flexibility index (Phi) is 7.27. The van der Waals surface area contributed by atoms with Crippen molar-refractivity contribution in [3.05, 3.63) is 71.8 Å². The maximum atomic E-state index is 8.82. The summed E-state index contributed by atoms with van der Waals surface area (Å²) < 4.78 is 5.66. The molecule has 0 spiro atoms. The first-order chi connectivity index (χ1) is 10.9. The van der Waals surface area contributed by atoms with E-state index in [1.165, 1.54) is 11.1 Å². The lowest BCUT2D eigenvalue weighted by Gasteiger charge is -2.04. The Bertz CT molecular complexity index is 544. The molecule has 2 heteroatoms. The Balaban J connectivity index is 1.65. The summed E-state index contributed by atoms with van der Waals surface area (Å²) in [6.45, 7) is 1.00. The van der Waals surface area contributed by atoms with Crippen molar-refractivity contribution in [3.8, 4) is 5.75 Å².